The lowest BCUT2D eigenvalue weighted by Crippen LogP contribution is -2.02. The molecule has 0 aromatic heterocycles. The standard InChI is InChI=1S/C16H18FNO2/c1-11-4-6-13(17)14(8-11)18-10-12-5-7-15(19-2)16(9-12)20-3/h4-9,18H,10H2,1-3H3. The number of hydrogen-bond acceptors (Lipinski definition) is 3. The first kappa shape index (κ1) is 14.2. The van der Waals surface area contributed by atoms with E-state index in [0.29, 0.717) is 23.7 Å². The van der Waals surface area contributed by atoms with E-state index >= 15 is 0 Å². The molecule has 0 spiro atoms. The molecule has 2 aromatic rings. The lowest BCUT2D eigenvalue weighted by molar-refractivity contribution is 0.354. The van der Waals surface area contributed by atoms with Gasteiger partial charge in [0.05, 0.1) is 19.9 Å². The lowest BCUT2D eigenvalue weighted by Gasteiger charge is -2.11. The van der Waals surface area contributed by atoms with Gasteiger partial charge in [-0.25, -0.2) is 4.39 Å². The Hall–Kier alpha value is -2.23. The molecular weight excluding hydrogens is 257 g/mol. The second-order valence-electron chi connectivity index (χ2n) is 4.53. The Labute approximate surface area is 118 Å². The second kappa shape index (κ2) is 6.28. The molecular formula is C16H18FNO2. The van der Waals surface area contributed by atoms with Crippen molar-refractivity contribution in [2.45, 2.75) is 13.5 Å². The van der Waals surface area contributed by atoms with Crippen LogP contribution in [-0.4, -0.2) is 14.2 Å². The summed E-state index contributed by atoms with van der Waals surface area (Å²) < 4.78 is 24.1. The number of halogens is 1. The third-order valence-electron chi connectivity index (χ3n) is 3.05. The zero-order chi connectivity index (χ0) is 14.5. The molecule has 0 bridgehead atoms. The molecule has 0 aliphatic rings. The number of nitrogens with one attached hydrogen (secondary N) is 1. The minimum atomic E-state index is -0.254. The molecule has 0 fully saturated rings. The van der Waals surface area contributed by atoms with Gasteiger partial charge < -0.3 is 14.8 Å². The van der Waals surface area contributed by atoms with Crippen molar-refractivity contribution in [1.29, 1.82) is 0 Å². The Bertz CT molecular complexity index is 599. The maximum atomic E-state index is 13.6. The fraction of sp³-hybridized carbons (Fsp3) is 0.250. The molecule has 0 unspecified atom stereocenters. The molecule has 0 atom stereocenters. The van der Waals surface area contributed by atoms with Crippen LogP contribution in [0.5, 0.6) is 11.5 Å². The number of anilines is 1. The highest BCUT2D eigenvalue weighted by Crippen LogP contribution is 2.28. The molecule has 0 amide bonds. The van der Waals surface area contributed by atoms with Crippen molar-refractivity contribution in [3.63, 3.8) is 0 Å². The van der Waals surface area contributed by atoms with Crippen LogP contribution in [0.2, 0.25) is 0 Å². The summed E-state index contributed by atoms with van der Waals surface area (Å²) in [6, 6.07) is 10.6. The van der Waals surface area contributed by atoms with E-state index in [0.717, 1.165) is 11.1 Å². The van der Waals surface area contributed by atoms with Gasteiger partial charge in [-0.15, -0.1) is 0 Å². The number of methoxy groups -OCH3 is 2. The molecule has 3 nitrogen and oxygen atoms in total. The molecule has 0 saturated heterocycles. The first-order valence-electron chi connectivity index (χ1n) is 6.35. The SMILES string of the molecule is COc1ccc(CNc2cc(C)ccc2F)cc1OC. The summed E-state index contributed by atoms with van der Waals surface area (Å²) in [5.74, 6) is 1.09. The normalized spacial score (nSPS) is 10.2. The van der Waals surface area contributed by atoms with Crippen molar-refractivity contribution in [2.75, 3.05) is 19.5 Å². The fourth-order valence-corrected chi connectivity index (χ4v) is 1.96. The summed E-state index contributed by atoms with van der Waals surface area (Å²) in [6.45, 7) is 2.45. The van der Waals surface area contributed by atoms with Gasteiger partial charge in [0, 0.05) is 6.54 Å². The highest BCUT2D eigenvalue weighted by Gasteiger charge is 2.06. The molecule has 0 radical (unpaired) electrons. The van der Waals surface area contributed by atoms with Crippen molar-refractivity contribution in [3.8, 4) is 11.5 Å². The second-order valence-corrected chi connectivity index (χ2v) is 4.53. The highest BCUT2D eigenvalue weighted by molar-refractivity contribution is 5.49. The van der Waals surface area contributed by atoms with Crippen molar-refractivity contribution in [3.05, 3.63) is 53.3 Å². The first-order valence-corrected chi connectivity index (χ1v) is 6.35. The molecule has 20 heavy (non-hydrogen) atoms. The van der Waals surface area contributed by atoms with Crippen LogP contribution >= 0.6 is 0 Å². The van der Waals surface area contributed by atoms with E-state index in [1.165, 1.54) is 6.07 Å². The van der Waals surface area contributed by atoms with Gasteiger partial charge in [-0.1, -0.05) is 12.1 Å². The zero-order valence-electron chi connectivity index (χ0n) is 11.9. The Morgan fingerprint density at radius 2 is 1.75 bits per heavy atom. The molecule has 106 valence electrons. The number of aryl methyl sites for hydroxylation is 1. The van der Waals surface area contributed by atoms with Gasteiger partial charge in [0.15, 0.2) is 11.5 Å². The van der Waals surface area contributed by atoms with Gasteiger partial charge in [-0.2, -0.15) is 0 Å². The first-order chi connectivity index (χ1) is 9.63. The lowest BCUT2D eigenvalue weighted by atomic mass is 10.1. The number of ether oxygens (including phenoxy) is 2. The van der Waals surface area contributed by atoms with Crippen LogP contribution in [0.4, 0.5) is 10.1 Å². The number of rotatable bonds is 5. The van der Waals surface area contributed by atoms with E-state index in [2.05, 4.69) is 5.32 Å². The minimum Gasteiger partial charge on any atom is -0.493 e. The largest absolute Gasteiger partial charge is 0.493 e. The fourth-order valence-electron chi connectivity index (χ4n) is 1.96. The van der Waals surface area contributed by atoms with Crippen LogP contribution in [0.3, 0.4) is 0 Å². The molecule has 4 heteroatoms. The smallest absolute Gasteiger partial charge is 0.161 e. The molecule has 2 aromatic carbocycles. The molecule has 0 aliphatic carbocycles. The van der Waals surface area contributed by atoms with Crippen molar-refractivity contribution >= 4 is 5.69 Å². The Morgan fingerprint density at radius 3 is 2.45 bits per heavy atom. The summed E-state index contributed by atoms with van der Waals surface area (Å²) in [5, 5.41) is 3.09. The average molecular weight is 275 g/mol. The molecule has 0 aliphatic heterocycles. The quantitative estimate of drug-likeness (QED) is 0.901. The maximum Gasteiger partial charge on any atom is 0.161 e. The van der Waals surface area contributed by atoms with E-state index in [4.69, 9.17) is 9.47 Å². The predicted octanol–water partition coefficient (Wildman–Crippen LogP) is 3.76. The summed E-state index contributed by atoms with van der Waals surface area (Å²) in [7, 11) is 3.19. The van der Waals surface area contributed by atoms with Gasteiger partial charge in [-0.05, 0) is 42.3 Å². The van der Waals surface area contributed by atoms with E-state index in [1.807, 2.05) is 25.1 Å². The number of benzene rings is 2. The van der Waals surface area contributed by atoms with E-state index in [-0.39, 0.29) is 5.82 Å². The summed E-state index contributed by atoms with van der Waals surface area (Å²) in [5.41, 5.74) is 2.50. The predicted molar refractivity (Wildman–Crippen MR) is 78.0 cm³/mol. The van der Waals surface area contributed by atoms with Crippen molar-refractivity contribution in [1.82, 2.24) is 0 Å². The van der Waals surface area contributed by atoms with Crippen LogP contribution in [-0.2, 0) is 6.54 Å². The number of hydrogen-bond donors (Lipinski definition) is 1. The molecule has 2 rings (SSSR count). The van der Waals surface area contributed by atoms with Crippen molar-refractivity contribution < 1.29 is 13.9 Å². The summed E-state index contributed by atoms with van der Waals surface area (Å²) in [6.07, 6.45) is 0. The molecule has 0 saturated carbocycles. The van der Waals surface area contributed by atoms with Gasteiger partial charge in [0.25, 0.3) is 0 Å². The Kier molecular flexibility index (Phi) is 4.45. The summed E-state index contributed by atoms with van der Waals surface area (Å²) in [4.78, 5) is 0. The van der Waals surface area contributed by atoms with E-state index in [1.54, 1.807) is 26.4 Å². The monoisotopic (exact) mass is 275 g/mol. The highest BCUT2D eigenvalue weighted by atomic mass is 19.1. The Morgan fingerprint density at radius 1 is 1.00 bits per heavy atom. The van der Waals surface area contributed by atoms with Crippen LogP contribution in [0, 0.1) is 12.7 Å². The van der Waals surface area contributed by atoms with Gasteiger partial charge in [0.2, 0.25) is 0 Å². The third kappa shape index (κ3) is 3.20. The Balaban J connectivity index is 2.12. The maximum absolute atomic E-state index is 13.6. The average Bonchev–Trinajstić information content (AvgIpc) is 2.47. The minimum absolute atomic E-state index is 0.254. The van der Waals surface area contributed by atoms with E-state index in [9.17, 15) is 4.39 Å². The van der Waals surface area contributed by atoms with Crippen molar-refractivity contribution in [2.24, 2.45) is 0 Å². The zero-order valence-corrected chi connectivity index (χ0v) is 11.9. The van der Waals surface area contributed by atoms with Crippen LogP contribution in [0.1, 0.15) is 11.1 Å². The summed E-state index contributed by atoms with van der Waals surface area (Å²) >= 11 is 0. The van der Waals surface area contributed by atoms with Gasteiger partial charge >= 0.3 is 0 Å². The van der Waals surface area contributed by atoms with Crippen LogP contribution < -0.4 is 14.8 Å². The van der Waals surface area contributed by atoms with Crippen LogP contribution in [0.15, 0.2) is 36.4 Å². The van der Waals surface area contributed by atoms with Gasteiger partial charge in [-0.3, -0.25) is 0 Å². The van der Waals surface area contributed by atoms with Crippen LogP contribution in [0.25, 0.3) is 0 Å². The molecule has 1 N–H and O–H groups in total. The molecule has 0 heterocycles. The van der Waals surface area contributed by atoms with Gasteiger partial charge in [0.1, 0.15) is 5.82 Å². The topological polar surface area (TPSA) is 30.5 Å². The third-order valence-corrected chi connectivity index (χ3v) is 3.05. The van der Waals surface area contributed by atoms with E-state index < -0.39 is 0 Å².